The van der Waals surface area contributed by atoms with Gasteiger partial charge in [-0.2, -0.15) is 21.9 Å². The van der Waals surface area contributed by atoms with Gasteiger partial charge in [0.1, 0.15) is 18.1 Å². The molecule has 2 rings (SSSR count). The Morgan fingerprint density at radius 2 is 1.88 bits per heavy atom. The molecule has 2 unspecified atom stereocenters. The van der Waals surface area contributed by atoms with Crippen LogP contribution < -0.4 is 5.73 Å². The molecule has 1 fully saturated rings. The van der Waals surface area contributed by atoms with E-state index in [2.05, 4.69) is 12.6 Å². The molecular formula is C22H33ClN3O5S+. The zero-order chi connectivity index (χ0) is 23.9. The third-order valence-electron chi connectivity index (χ3n) is 6.40. The minimum absolute atomic E-state index is 0.143. The number of thiol groups is 1. The quantitative estimate of drug-likeness (QED) is 0.280. The first-order valence-electron chi connectivity index (χ1n) is 10.9. The van der Waals surface area contributed by atoms with Crippen LogP contribution in [0.1, 0.15) is 38.2 Å². The predicted molar refractivity (Wildman–Crippen MR) is 126 cm³/mol. The van der Waals surface area contributed by atoms with Crippen LogP contribution in [0.25, 0.3) is 0 Å². The van der Waals surface area contributed by atoms with Gasteiger partial charge < -0.3 is 15.9 Å². The lowest BCUT2D eigenvalue weighted by molar-refractivity contribution is -0.793. The topological polar surface area (TPSA) is 121 Å². The summed E-state index contributed by atoms with van der Waals surface area (Å²) < 4.78 is -0.678. The molecular weight excluding hydrogens is 454 g/mol. The maximum Gasteiger partial charge on any atom is 0.521 e. The van der Waals surface area contributed by atoms with Gasteiger partial charge in [-0.3, -0.25) is 9.69 Å². The number of aliphatic carboxylic acids is 1. The maximum absolute atomic E-state index is 13.7. The number of imide groups is 1. The number of nitrogens with two attached hydrogens (primary N) is 1. The number of likely N-dealkylation sites (tertiary alicyclic amines) is 1. The van der Waals surface area contributed by atoms with E-state index in [1.54, 1.807) is 24.0 Å². The Kier molecular flexibility index (Phi) is 9.97. The van der Waals surface area contributed by atoms with Gasteiger partial charge in [0.05, 0.1) is 6.54 Å². The predicted octanol–water partition coefficient (Wildman–Crippen LogP) is 2.88. The Bertz CT molecular complexity index is 809. The van der Waals surface area contributed by atoms with Gasteiger partial charge in [-0.05, 0) is 49.6 Å². The highest BCUT2D eigenvalue weighted by molar-refractivity contribution is 7.80. The van der Waals surface area contributed by atoms with Crippen LogP contribution in [0.4, 0.5) is 4.79 Å². The fraction of sp³-hybridized carbons (Fsp3) is 0.591. The molecule has 1 aliphatic rings. The molecule has 0 aliphatic carbocycles. The van der Waals surface area contributed by atoms with Gasteiger partial charge in [0.2, 0.25) is 0 Å². The van der Waals surface area contributed by atoms with Crippen LogP contribution in [0.15, 0.2) is 24.3 Å². The van der Waals surface area contributed by atoms with Gasteiger partial charge in [-0.25, -0.2) is 4.79 Å². The highest BCUT2D eigenvalue weighted by Crippen LogP contribution is 2.31. The molecule has 1 heterocycles. The van der Waals surface area contributed by atoms with Gasteiger partial charge in [-0.15, -0.1) is 0 Å². The van der Waals surface area contributed by atoms with Gasteiger partial charge in [-0.1, -0.05) is 23.7 Å². The Hall–Kier alpha value is -1.65. The number of aryl methyl sites for hydroxylation is 1. The lowest BCUT2D eigenvalue weighted by Gasteiger charge is -2.39. The second-order valence-electron chi connectivity index (χ2n) is 8.28. The summed E-state index contributed by atoms with van der Waals surface area (Å²) in [5.41, 5.74) is 6.72. The lowest BCUT2D eigenvalue weighted by Crippen LogP contribution is -2.66. The summed E-state index contributed by atoms with van der Waals surface area (Å²) in [5, 5.41) is 20.6. The Morgan fingerprint density at radius 3 is 2.34 bits per heavy atom. The van der Waals surface area contributed by atoms with Crippen molar-refractivity contribution in [3.63, 3.8) is 0 Å². The van der Waals surface area contributed by atoms with Crippen LogP contribution in [0.5, 0.6) is 0 Å². The van der Waals surface area contributed by atoms with E-state index in [0.29, 0.717) is 30.0 Å². The lowest BCUT2D eigenvalue weighted by atomic mass is 10.00. The molecule has 10 heteroatoms. The van der Waals surface area contributed by atoms with E-state index in [-0.39, 0.29) is 38.5 Å². The van der Waals surface area contributed by atoms with Gasteiger partial charge in [0.15, 0.2) is 0 Å². The van der Waals surface area contributed by atoms with Crippen molar-refractivity contribution in [2.24, 2.45) is 5.73 Å². The molecule has 0 bridgehead atoms. The molecule has 0 aromatic heterocycles. The molecule has 178 valence electrons. The van der Waals surface area contributed by atoms with Crippen molar-refractivity contribution in [1.29, 1.82) is 0 Å². The van der Waals surface area contributed by atoms with E-state index >= 15 is 0 Å². The third-order valence-corrected chi connectivity index (χ3v) is 6.91. The summed E-state index contributed by atoms with van der Waals surface area (Å²) in [5.74, 6) is -1.24. The van der Waals surface area contributed by atoms with E-state index in [1.165, 1.54) is 0 Å². The van der Waals surface area contributed by atoms with Crippen molar-refractivity contribution in [3.8, 4) is 0 Å². The number of carbonyl (C=O) groups excluding carboxylic acids is 1. The molecule has 0 spiro atoms. The molecule has 4 atom stereocenters. The van der Waals surface area contributed by atoms with Crippen LogP contribution in [-0.2, 0) is 16.0 Å². The molecule has 8 nitrogen and oxygen atoms in total. The number of amides is 2. The SMILES string of the molecule is CC1CCC[N@@+]1(C(=O)O)C(=O)[C@H](CCS)N(CCN)C(CCc1ccc(Cl)cc1)C(=O)O. The Balaban J connectivity index is 2.37. The van der Waals surface area contributed by atoms with Crippen LogP contribution in [0, 0.1) is 0 Å². The summed E-state index contributed by atoms with van der Waals surface area (Å²) in [6.07, 6.45) is 1.02. The largest absolute Gasteiger partial charge is 0.521 e. The zero-order valence-corrected chi connectivity index (χ0v) is 20.0. The normalized spacial score (nSPS) is 22.6. The molecule has 2 amide bonds. The number of benzene rings is 1. The molecule has 1 aliphatic heterocycles. The van der Waals surface area contributed by atoms with Crippen LogP contribution >= 0.6 is 24.2 Å². The van der Waals surface area contributed by atoms with Crippen molar-refractivity contribution in [2.75, 3.05) is 25.4 Å². The second kappa shape index (κ2) is 12.0. The molecule has 1 aromatic carbocycles. The fourth-order valence-corrected chi connectivity index (χ4v) is 5.04. The number of nitrogens with zero attached hydrogens (tertiary/aromatic N) is 2. The van der Waals surface area contributed by atoms with Crippen LogP contribution in [0.3, 0.4) is 0 Å². The van der Waals surface area contributed by atoms with E-state index in [4.69, 9.17) is 17.3 Å². The third kappa shape index (κ3) is 5.82. The number of hydrogen-bond acceptors (Lipinski definition) is 6. The molecule has 0 saturated carbocycles. The molecule has 32 heavy (non-hydrogen) atoms. The van der Waals surface area contributed by atoms with E-state index in [0.717, 1.165) is 5.56 Å². The number of carboxylic acid groups (broad SMARTS) is 2. The number of hydrogen-bond donors (Lipinski definition) is 4. The standard InChI is InChI=1S/C22H32ClN3O5S/c1-15-3-2-13-26(15,22(30)31)20(27)18(10-14-32)25(12-11-24)19(21(28)29)9-6-16-4-7-17(23)8-5-16/h4-5,7-8,15,18-19H,2-3,6,9-14,24H2,1H3,(H2-,28,29,30,31,32)/p+1/t15?,18-,19?,26-/m0/s1. The first kappa shape index (κ1) is 26.6. The highest BCUT2D eigenvalue weighted by atomic mass is 35.5. The molecule has 0 radical (unpaired) electrons. The van der Waals surface area contributed by atoms with Crippen molar-refractivity contribution in [2.45, 2.75) is 57.2 Å². The van der Waals surface area contributed by atoms with Gasteiger partial charge in [0.25, 0.3) is 0 Å². The van der Waals surface area contributed by atoms with E-state index in [1.807, 2.05) is 12.1 Å². The Morgan fingerprint density at radius 1 is 1.22 bits per heavy atom. The summed E-state index contributed by atoms with van der Waals surface area (Å²) in [6, 6.07) is 4.89. The minimum atomic E-state index is -1.19. The number of carboxylic acids is 1. The number of carbonyl (C=O) groups is 3. The van der Waals surface area contributed by atoms with Crippen molar-refractivity contribution < 1.29 is 29.1 Å². The van der Waals surface area contributed by atoms with Crippen molar-refractivity contribution in [3.05, 3.63) is 34.9 Å². The highest BCUT2D eigenvalue weighted by Gasteiger charge is 2.56. The summed E-state index contributed by atoms with van der Waals surface area (Å²) in [6.45, 7) is 2.27. The first-order chi connectivity index (χ1) is 15.2. The molecule has 1 saturated heterocycles. The fourth-order valence-electron chi connectivity index (χ4n) is 4.67. The smallest absolute Gasteiger partial charge is 0.480 e. The molecule has 1 aromatic rings. The summed E-state index contributed by atoms with van der Waals surface area (Å²) in [4.78, 5) is 39.8. The summed E-state index contributed by atoms with van der Waals surface area (Å²) in [7, 11) is 0. The number of rotatable bonds is 11. The average molecular weight is 487 g/mol. The van der Waals surface area contributed by atoms with Gasteiger partial charge in [0, 0.05) is 31.0 Å². The minimum Gasteiger partial charge on any atom is -0.480 e. The van der Waals surface area contributed by atoms with Gasteiger partial charge >= 0.3 is 18.0 Å². The summed E-state index contributed by atoms with van der Waals surface area (Å²) >= 11 is 10.2. The zero-order valence-electron chi connectivity index (χ0n) is 18.3. The van der Waals surface area contributed by atoms with Crippen molar-refractivity contribution >= 4 is 42.2 Å². The van der Waals surface area contributed by atoms with Crippen LogP contribution in [0.2, 0.25) is 5.02 Å². The van der Waals surface area contributed by atoms with E-state index in [9.17, 15) is 24.6 Å². The number of halogens is 1. The second-order valence-corrected chi connectivity index (χ2v) is 9.16. The maximum atomic E-state index is 13.7. The first-order valence-corrected chi connectivity index (χ1v) is 11.9. The monoisotopic (exact) mass is 486 g/mol. The van der Waals surface area contributed by atoms with Crippen molar-refractivity contribution in [1.82, 2.24) is 4.90 Å². The Labute approximate surface area is 199 Å². The van der Waals surface area contributed by atoms with Crippen LogP contribution in [-0.4, -0.2) is 81.1 Å². The molecule has 4 N–H and O–H groups in total. The average Bonchev–Trinajstić information content (AvgIpc) is 3.14. The number of quaternary nitrogens is 1. The van der Waals surface area contributed by atoms with E-state index < -0.39 is 34.5 Å².